The molecule has 4 heteroatoms. The van der Waals surface area contributed by atoms with Crippen LogP contribution in [-0.2, 0) is 4.74 Å². The third-order valence-electron chi connectivity index (χ3n) is 8.95. The number of epoxide rings is 1. The summed E-state index contributed by atoms with van der Waals surface area (Å²) in [7, 11) is 0. The Hall–Kier alpha value is -1.05. The van der Waals surface area contributed by atoms with Gasteiger partial charge in [-0.05, 0) is 68.1 Å². The second-order valence-corrected chi connectivity index (χ2v) is 9.51. The maximum Gasteiger partial charge on any atom is 0.146 e. The van der Waals surface area contributed by atoms with Crippen LogP contribution in [0.15, 0.2) is 11.3 Å². The normalized spacial score (nSPS) is 58.2. The second kappa shape index (κ2) is 4.37. The van der Waals surface area contributed by atoms with Gasteiger partial charge in [0.05, 0.1) is 17.7 Å². The zero-order valence-corrected chi connectivity index (χ0v) is 14.6. The summed E-state index contributed by atoms with van der Waals surface area (Å²) in [4.78, 5) is 0. The molecule has 3 saturated carbocycles. The topological polar surface area (TPSA) is 76.8 Å². The molecule has 4 nitrogen and oxygen atoms in total. The molecule has 130 valence electrons. The van der Waals surface area contributed by atoms with Gasteiger partial charge in [0.1, 0.15) is 17.5 Å². The predicted octanol–water partition coefficient (Wildman–Crippen LogP) is 3.47. The number of ether oxygens (including phenoxy) is 1. The molecular formula is C20H27NO3. The first-order valence-corrected chi connectivity index (χ1v) is 9.55. The molecule has 4 aliphatic carbocycles. The molecule has 5 aliphatic rings. The van der Waals surface area contributed by atoms with Crippen molar-refractivity contribution < 1.29 is 14.9 Å². The van der Waals surface area contributed by atoms with Crippen LogP contribution in [0.25, 0.3) is 0 Å². The first kappa shape index (κ1) is 15.2. The molecule has 2 N–H and O–H groups in total. The molecule has 1 saturated heterocycles. The summed E-state index contributed by atoms with van der Waals surface area (Å²) in [6.45, 7) is 4.60. The second-order valence-electron chi connectivity index (χ2n) is 9.51. The fraction of sp³-hybridized carbons (Fsp3) is 0.850. The molecule has 0 aromatic heterocycles. The number of rotatable bonds is 0. The minimum Gasteiger partial charge on any atom is -0.508 e. The Labute approximate surface area is 143 Å². The lowest BCUT2D eigenvalue weighted by Gasteiger charge is -2.58. The molecule has 0 bridgehead atoms. The molecule has 4 fully saturated rings. The maximum atomic E-state index is 10.5. The van der Waals surface area contributed by atoms with E-state index in [2.05, 4.69) is 19.9 Å². The Morgan fingerprint density at radius 2 is 1.92 bits per heavy atom. The van der Waals surface area contributed by atoms with Gasteiger partial charge in [-0.2, -0.15) is 5.26 Å². The van der Waals surface area contributed by atoms with Crippen molar-refractivity contribution in [1.82, 2.24) is 0 Å². The highest BCUT2D eigenvalue weighted by Crippen LogP contribution is 2.73. The van der Waals surface area contributed by atoms with Gasteiger partial charge in [0.2, 0.25) is 0 Å². The van der Waals surface area contributed by atoms with Crippen LogP contribution in [0, 0.1) is 39.9 Å². The van der Waals surface area contributed by atoms with Crippen molar-refractivity contribution in [2.75, 3.05) is 0 Å². The summed E-state index contributed by atoms with van der Waals surface area (Å²) in [5.74, 6) is 1.96. The van der Waals surface area contributed by atoms with Crippen molar-refractivity contribution in [2.45, 2.75) is 76.6 Å². The smallest absolute Gasteiger partial charge is 0.146 e. The standard InChI is InChI=1S/C20H27NO3/c1-18-7-6-14-12(13(18)3-4-15(18)22)5-8-20-17(24-20)16(23)11(10-21)9-19(14,20)2/h12-15,17,22-23H,3-9H2,1-2H3/t12-,13-,14-,15-,17+,18?,19?,20+/m0/s1. The number of hydrogen-bond acceptors (Lipinski definition) is 4. The lowest BCUT2D eigenvalue weighted by molar-refractivity contribution is -0.116. The highest BCUT2D eigenvalue weighted by atomic mass is 16.6. The van der Waals surface area contributed by atoms with Gasteiger partial charge in [0.15, 0.2) is 0 Å². The van der Waals surface area contributed by atoms with Crippen molar-refractivity contribution in [3.05, 3.63) is 11.3 Å². The fourth-order valence-electron chi connectivity index (χ4n) is 7.50. The molecule has 24 heavy (non-hydrogen) atoms. The van der Waals surface area contributed by atoms with Crippen molar-refractivity contribution >= 4 is 0 Å². The SMILES string of the molecule is CC12CC[C@H]3[C@@H](CC[C@@]45O[C@@H]4C(O)=C(C#N)CC35C)[C@@H]1CC[C@@H]2O. The summed E-state index contributed by atoms with van der Waals surface area (Å²) in [5, 5.41) is 30.4. The molecule has 0 aromatic rings. The van der Waals surface area contributed by atoms with Crippen LogP contribution in [0.1, 0.15) is 58.8 Å². The molecule has 2 unspecified atom stereocenters. The van der Waals surface area contributed by atoms with Gasteiger partial charge >= 0.3 is 0 Å². The number of allylic oxidation sites excluding steroid dienone is 1. The summed E-state index contributed by atoms with van der Waals surface area (Å²) in [6, 6.07) is 2.23. The minimum absolute atomic E-state index is 0.0489. The van der Waals surface area contributed by atoms with E-state index in [0.29, 0.717) is 29.7 Å². The summed E-state index contributed by atoms with van der Waals surface area (Å²) in [5.41, 5.74) is 0.336. The van der Waals surface area contributed by atoms with Gasteiger partial charge in [-0.3, -0.25) is 0 Å². The van der Waals surface area contributed by atoms with Crippen LogP contribution in [0.2, 0.25) is 0 Å². The van der Waals surface area contributed by atoms with Gasteiger partial charge in [-0.1, -0.05) is 13.8 Å². The predicted molar refractivity (Wildman–Crippen MR) is 87.9 cm³/mol. The number of aliphatic hydroxyl groups is 2. The Morgan fingerprint density at radius 1 is 1.12 bits per heavy atom. The molecule has 1 spiro atoms. The third-order valence-corrected chi connectivity index (χ3v) is 8.95. The summed E-state index contributed by atoms with van der Waals surface area (Å²) < 4.78 is 6.11. The first-order chi connectivity index (χ1) is 11.4. The molecule has 0 radical (unpaired) electrons. The fourth-order valence-corrected chi connectivity index (χ4v) is 7.50. The van der Waals surface area contributed by atoms with Crippen molar-refractivity contribution in [2.24, 2.45) is 28.6 Å². The number of hydrogen-bond donors (Lipinski definition) is 2. The maximum absolute atomic E-state index is 10.5. The zero-order valence-electron chi connectivity index (χ0n) is 14.6. The minimum atomic E-state index is -0.241. The Bertz CT molecular complexity index is 681. The van der Waals surface area contributed by atoms with E-state index in [1.54, 1.807) is 0 Å². The van der Waals surface area contributed by atoms with E-state index >= 15 is 0 Å². The van der Waals surface area contributed by atoms with E-state index in [1.165, 1.54) is 0 Å². The number of nitriles is 1. The van der Waals surface area contributed by atoms with Gasteiger partial charge in [0.25, 0.3) is 0 Å². The highest BCUT2D eigenvalue weighted by Gasteiger charge is 2.76. The van der Waals surface area contributed by atoms with E-state index in [9.17, 15) is 15.5 Å². The molecule has 0 aromatic carbocycles. The molecule has 8 atom stereocenters. The lowest BCUT2D eigenvalue weighted by atomic mass is 9.45. The quantitative estimate of drug-likeness (QED) is 0.667. The van der Waals surface area contributed by atoms with Crippen LogP contribution in [0.3, 0.4) is 0 Å². The van der Waals surface area contributed by atoms with Gasteiger partial charge in [-0.25, -0.2) is 0 Å². The van der Waals surface area contributed by atoms with Crippen LogP contribution in [-0.4, -0.2) is 28.0 Å². The van der Waals surface area contributed by atoms with E-state index < -0.39 is 0 Å². The monoisotopic (exact) mass is 329 g/mol. The summed E-state index contributed by atoms with van der Waals surface area (Å²) >= 11 is 0. The molecule has 1 heterocycles. The molecule has 5 rings (SSSR count). The van der Waals surface area contributed by atoms with Crippen LogP contribution < -0.4 is 0 Å². The van der Waals surface area contributed by atoms with Crippen LogP contribution in [0.5, 0.6) is 0 Å². The highest BCUT2D eigenvalue weighted by molar-refractivity contribution is 5.41. The Morgan fingerprint density at radius 3 is 2.67 bits per heavy atom. The van der Waals surface area contributed by atoms with Crippen molar-refractivity contribution in [1.29, 1.82) is 5.26 Å². The van der Waals surface area contributed by atoms with E-state index in [0.717, 1.165) is 38.5 Å². The lowest BCUT2D eigenvalue weighted by Crippen LogP contribution is -2.57. The average Bonchev–Trinajstić information content (AvgIpc) is 3.23. The third kappa shape index (κ3) is 1.48. The number of nitrogens with zero attached hydrogens (tertiary/aromatic N) is 1. The number of fused-ring (bicyclic) bond motifs is 4. The molecule has 0 amide bonds. The summed E-state index contributed by atoms with van der Waals surface area (Å²) in [6.07, 6.45) is 6.65. The van der Waals surface area contributed by atoms with Gasteiger partial charge < -0.3 is 14.9 Å². The van der Waals surface area contributed by atoms with Crippen LogP contribution >= 0.6 is 0 Å². The van der Waals surface area contributed by atoms with Crippen molar-refractivity contribution in [3.8, 4) is 6.07 Å². The average molecular weight is 329 g/mol. The Balaban J connectivity index is 1.55. The largest absolute Gasteiger partial charge is 0.508 e. The molecular weight excluding hydrogens is 302 g/mol. The first-order valence-electron chi connectivity index (χ1n) is 9.55. The van der Waals surface area contributed by atoms with E-state index in [1.807, 2.05) is 0 Å². The van der Waals surface area contributed by atoms with Gasteiger partial charge in [-0.15, -0.1) is 0 Å². The Kier molecular flexibility index (Phi) is 2.77. The zero-order chi connectivity index (χ0) is 16.9. The molecule has 1 aliphatic heterocycles. The van der Waals surface area contributed by atoms with E-state index in [4.69, 9.17) is 4.74 Å². The van der Waals surface area contributed by atoms with Crippen molar-refractivity contribution in [3.63, 3.8) is 0 Å². The van der Waals surface area contributed by atoms with E-state index in [-0.39, 0.29) is 34.4 Å². The van der Waals surface area contributed by atoms with Crippen LogP contribution in [0.4, 0.5) is 0 Å². The van der Waals surface area contributed by atoms with Gasteiger partial charge in [0, 0.05) is 5.41 Å². The number of aliphatic hydroxyl groups excluding tert-OH is 2.